The van der Waals surface area contributed by atoms with E-state index in [-0.39, 0.29) is 0 Å². The van der Waals surface area contributed by atoms with Gasteiger partial charge in [0.05, 0.1) is 0 Å². The summed E-state index contributed by atoms with van der Waals surface area (Å²) >= 11 is 0. The minimum absolute atomic E-state index is 0.699. The molecule has 0 aliphatic rings. The Kier molecular flexibility index (Phi) is 4.17. The summed E-state index contributed by atoms with van der Waals surface area (Å²) < 4.78 is 2.32. The number of fused-ring (bicyclic) bond motifs is 1. The third-order valence-electron chi connectivity index (χ3n) is 4.63. The van der Waals surface area contributed by atoms with Gasteiger partial charge in [0.1, 0.15) is 6.29 Å². The van der Waals surface area contributed by atoms with Gasteiger partial charge in [-0.2, -0.15) is 0 Å². The summed E-state index contributed by atoms with van der Waals surface area (Å²) in [6.45, 7) is 0.699. The van der Waals surface area contributed by atoms with E-state index in [9.17, 15) is 4.79 Å². The molecule has 1 heterocycles. The molecule has 0 spiro atoms. The van der Waals surface area contributed by atoms with Gasteiger partial charge < -0.3 is 4.57 Å². The van der Waals surface area contributed by atoms with E-state index in [1.165, 1.54) is 22.2 Å². The first kappa shape index (κ1) is 15.4. The van der Waals surface area contributed by atoms with E-state index in [0.717, 1.165) is 23.8 Å². The molecule has 1 aromatic heterocycles. The normalized spacial score (nSPS) is 10.9. The van der Waals surface area contributed by atoms with Crippen LogP contribution < -0.4 is 0 Å². The van der Waals surface area contributed by atoms with Crippen molar-refractivity contribution in [1.29, 1.82) is 0 Å². The number of carbonyl (C=O) groups is 1. The van der Waals surface area contributed by atoms with Crippen LogP contribution in [-0.2, 0) is 13.0 Å². The van der Waals surface area contributed by atoms with Crippen molar-refractivity contribution in [2.45, 2.75) is 13.0 Å². The van der Waals surface area contributed by atoms with Crippen LogP contribution in [0.5, 0.6) is 0 Å². The highest BCUT2D eigenvalue weighted by Gasteiger charge is 2.11. The maximum Gasteiger partial charge on any atom is 0.150 e. The average Bonchev–Trinajstić information content (AvgIpc) is 3.00. The summed E-state index contributed by atoms with van der Waals surface area (Å²) in [5, 5.41) is 1.23. The van der Waals surface area contributed by atoms with Gasteiger partial charge in [0.2, 0.25) is 0 Å². The molecule has 0 aliphatic carbocycles. The SMILES string of the molecule is O=Cc1ccccc1Cn1c(Cc2ccccc2)cc2ccccc21. The number of hydrogen-bond donors (Lipinski definition) is 0. The highest BCUT2D eigenvalue weighted by Crippen LogP contribution is 2.24. The molecule has 25 heavy (non-hydrogen) atoms. The summed E-state index contributed by atoms with van der Waals surface area (Å²) in [7, 11) is 0. The van der Waals surface area contributed by atoms with Crippen molar-refractivity contribution in [2.75, 3.05) is 0 Å². The van der Waals surface area contributed by atoms with Crippen molar-refractivity contribution >= 4 is 17.2 Å². The zero-order chi connectivity index (χ0) is 17.1. The molecule has 3 aromatic carbocycles. The zero-order valence-corrected chi connectivity index (χ0v) is 13.9. The predicted octanol–water partition coefficient (Wildman–Crippen LogP) is 5.09. The molecule has 0 saturated heterocycles. The Morgan fingerprint density at radius 2 is 1.52 bits per heavy atom. The highest BCUT2D eigenvalue weighted by molar-refractivity contribution is 5.82. The largest absolute Gasteiger partial charge is 0.340 e. The van der Waals surface area contributed by atoms with Crippen LogP contribution in [0.2, 0.25) is 0 Å². The Morgan fingerprint density at radius 3 is 2.36 bits per heavy atom. The fourth-order valence-electron chi connectivity index (χ4n) is 3.37. The third-order valence-corrected chi connectivity index (χ3v) is 4.63. The molecule has 2 heteroatoms. The molecule has 0 aliphatic heterocycles. The minimum Gasteiger partial charge on any atom is -0.340 e. The molecule has 0 fully saturated rings. The quantitative estimate of drug-likeness (QED) is 0.468. The van der Waals surface area contributed by atoms with E-state index in [0.29, 0.717) is 6.54 Å². The lowest BCUT2D eigenvalue weighted by Crippen LogP contribution is -2.07. The first-order valence-corrected chi connectivity index (χ1v) is 8.49. The van der Waals surface area contributed by atoms with Crippen molar-refractivity contribution in [2.24, 2.45) is 0 Å². The van der Waals surface area contributed by atoms with Crippen molar-refractivity contribution in [3.8, 4) is 0 Å². The molecule has 0 N–H and O–H groups in total. The zero-order valence-electron chi connectivity index (χ0n) is 13.9. The molecule has 4 aromatic rings. The standard InChI is InChI=1S/C23H19NO/c25-17-21-12-5-4-11-20(21)16-24-22(14-18-8-2-1-3-9-18)15-19-10-6-7-13-23(19)24/h1-13,15,17H,14,16H2. The van der Waals surface area contributed by atoms with Crippen LogP contribution in [0.15, 0.2) is 84.9 Å². The molecule has 4 rings (SSSR count). The second-order valence-electron chi connectivity index (χ2n) is 6.26. The number of nitrogens with zero attached hydrogens (tertiary/aromatic N) is 1. The van der Waals surface area contributed by atoms with Gasteiger partial charge in [-0.1, -0.05) is 72.8 Å². The van der Waals surface area contributed by atoms with Crippen LogP contribution in [0.1, 0.15) is 27.2 Å². The summed E-state index contributed by atoms with van der Waals surface area (Å²) in [4.78, 5) is 11.4. The smallest absolute Gasteiger partial charge is 0.150 e. The second kappa shape index (κ2) is 6.78. The molecule has 0 atom stereocenters. The molecule has 2 nitrogen and oxygen atoms in total. The number of hydrogen-bond acceptors (Lipinski definition) is 1. The maximum atomic E-state index is 11.4. The fraction of sp³-hybridized carbons (Fsp3) is 0.0870. The van der Waals surface area contributed by atoms with Crippen LogP contribution >= 0.6 is 0 Å². The number of aromatic nitrogens is 1. The molecular weight excluding hydrogens is 306 g/mol. The molecule has 0 amide bonds. The van der Waals surface area contributed by atoms with Gasteiger partial charge in [-0.05, 0) is 28.6 Å². The minimum atomic E-state index is 0.699. The summed E-state index contributed by atoms with van der Waals surface area (Å²) in [5.74, 6) is 0. The number of para-hydroxylation sites is 1. The van der Waals surface area contributed by atoms with Crippen LogP contribution in [-0.4, -0.2) is 10.9 Å². The lowest BCUT2D eigenvalue weighted by molar-refractivity contribution is 0.112. The highest BCUT2D eigenvalue weighted by atomic mass is 16.1. The molecule has 0 radical (unpaired) electrons. The number of carbonyl (C=O) groups excluding carboxylic acids is 1. The van der Waals surface area contributed by atoms with E-state index in [4.69, 9.17) is 0 Å². The first-order chi connectivity index (χ1) is 12.3. The average molecular weight is 325 g/mol. The van der Waals surface area contributed by atoms with Gasteiger partial charge in [0, 0.05) is 29.7 Å². The van der Waals surface area contributed by atoms with Gasteiger partial charge in [-0.25, -0.2) is 0 Å². The second-order valence-corrected chi connectivity index (χ2v) is 6.26. The lowest BCUT2D eigenvalue weighted by Gasteiger charge is -2.13. The summed E-state index contributed by atoms with van der Waals surface area (Å²) in [6, 6.07) is 29.0. The first-order valence-electron chi connectivity index (χ1n) is 8.49. The Hall–Kier alpha value is -3.13. The van der Waals surface area contributed by atoms with Crippen LogP contribution in [0, 0.1) is 0 Å². The molecule has 0 bridgehead atoms. The van der Waals surface area contributed by atoms with Gasteiger partial charge in [0.15, 0.2) is 0 Å². The molecular formula is C23H19NO. The Bertz CT molecular complexity index is 1010. The summed E-state index contributed by atoms with van der Waals surface area (Å²) in [6.07, 6.45) is 1.82. The van der Waals surface area contributed by atoms with E-state index < -0.39 is 0 Å². The van der Waals surface area contributed by atoms with Crippen molar-refractivity contribution < 1.29 is 4.79 Å². The van der Waals surface area contributed by atoms with E-state index in [2.05, 4.69) is 59.2 Å². The summed E-state index contributed by atoms with van der Waals surface area (Å²) in [5.41, 5.74) is 5.55. The third kappa shape index (κ3) is 3.11. The van der Waals surface area contributed by atoms with Crippen LogP contribution in [0.3, 0.4) is 0 Å². The molecule has 122 valence electrons. The topological polar surface area (TPSA) is 22.0 Å². The molecule has 0 saturated carbocycles. The Balaban J connectivity index is 1.80. The van der Waals surface area contributed by atoms with E-state index >= 15 is 0 Å². The van der Waals surface area contributed by atoms with Gasteiger partial charge in [-0.3, -0.25) is 4.79 Å². The molecule has 0 unspecified atom stereocenters. The maximum absolute atomic E-state index is 11.4. The van der Waals surface area contributed by atoms with Crippen molar-refractivity contribution in [3.63, 3.8) is 0 Å². The lowest BCUT2D eigenvalue weighted by atomic mass is 10.1. The van der Waals surface area contributed by atoms with Gasteiger partial charge >= 0.3 is 0 Å². The number of aldehydes is 1. The van der Waals surface area contributed by atoms with Crippen LogP contribution in [0.25, 0.3) is 10.9 Å². The van der Waals surface area contributed by atoms with E-state index in [1.54, 1.807) is 0 Å². The Labute approximate surface area is 147 Å². The monoisotopic (exact) mass is 325 g/mol. The van der Waals surface area contributed by atoms with Gasteiger partial charge in [0.25, 0.3) is 0 Å². The van der Waals surface area contributed by atoms with E-state index in [1.807, 2.05) is 30.3 Å². The Morgan fingerprint density at radius 1 is 0.800 bits per heavy atom. The van der Waals surface area contributed by atoms with Crippen molar-refractivity contribution in [3.05, 3.63) is 107 Å². The van der Waals surface area contributed by atoms with Gasteiger partial charge in [-0.15, -0.1) is 0 Å². The van der Waals surface area contributed by atoms with Crippen molar-refractivity contribution in [1.82, 2.24) is 4.57 Å². The van der Waals surface area contributed by atoms with Crippen LogP contribution in [0.4, 0.5) is 0 Å². The number of benzene rings is 3. The number of rotatable bonds is 5. The fourth-order valence-corrected chi connectivity index (χ4v) is 3.37. The predicted molar refractivity (Wildman–Crippen MR) is 102 cm³/mol.